The Balaban J connectivity index is 2.54. The van der Waals surface area contributed by atoms with Gasteiger partial charge in [-0.3, -0.25) is 20.4 Å². The van der Waals surface area contributed by atoms with E-state index in [1.54, 1.807) is 18.7 Å². The van der Waals surface area contributed by atoms with Crippen LogP contribution < -0.4 is 11.1 Å². The van der Waals surface area contributed by atoms with Crippen LogP contribution in [0.4, 0.5) is 0 Å². The van der Waals surface area contributed by atoms with Crippen LogP contribution in [0.3, 0.4) is 0 Å². The molecule has 0 spiro atoms. The summed E-state index contributed by atoms with van der Waals surface area (Å²) in [5.41, 5.74) is 4.39. The number of guanidine groups is 1. The van der Waals surface area contributed by atoms with E-state index in [0.717, 1.165) is 0 Å². The maximum absolute atomic E-state index is 10.9. The Hall–Kier alpha value is -1.10. The fourth-order valence-electron chi connectivity index (χ4n) is 1.12. The highest BCUT2D eigenvalue weighted by molar-refractivity contribution is 5.90. The van der Waals surface area contributed by atoms with Gasteiger partial charge in [0.1, 0.15) is 6.04 Å². The molecule has 0 aromatic heterocycles. The molecule has 74 valence electrons. The van der Waals surface area contributed by atoms with Gasteiger partial charge in [-0.15, -0.1) is 0 Å². The molecule has 2 atom stereocenters. The van der Waals surface area contributed by atoms with Crippen LogP contribution in [0, 0.1) is 0 Å². The molecule has 0 bridgehead atoms. The average molecular weight is 186 g/mol. The van der Waals surface area contributed by atoms with Crippen LogP contribution in [-0.2, 0) is 4.79 Å². The smallest absolute Gasteiger partial charge is 0.343 e. The molecule has 13 heavy (non-hydrogen) atoms. The molecular weight excluding hydrogens is 170 g/mol. The van der Waals surface area contributed by atoms with Crippen molar-refractivity contribution in [2.75, 3.05) is 14.1 Å². The Labute approximate surface area is 77.2 Å². The molecule has 1 aliphatic carbocycles. The summed E-state index contributed by atoms with van der Waals surface area (Å²) in [6.07, 6.45) is 0.441. The summed E-state index contributed by atoms with van der Waals surface area (Å²) in [6.45, 7) is 1.38. The first-order valence-electron chi connectivity index (χ1n) is 4.17. The number of hydrogen-bond acceptors (Lipinski definition) is 2. The van der Waals surface area contributed by atoms with Gasteiger partial charge in [-0.2, -0.15) is 0 Å². The second-order valence-electron chi connectivity index (χ2n) is 3.66. The van der Waals surface area contributed by atoms with E-state index in [1.165, 1.54) is 6.92 Å². The van der Waals surface area contributed by atoms with E-state index in [0.29, 0.717) is 12.4 Å². The van der Waals surface area contributed by atoms with Crippen molar-refractivity contribution in [3.63, 3.8) is 0 Å². The number of carbonyl (C=O) groups is 1. The van der Waals surface area contributed by atoms with E-state index >= 15 is 0 Å². The van der Waals surface area contributed by atoms with Gasteiger partial charge in [-0.25, -0.2) is 0 Å². The first-order valence-corrected chi connectivity index (χ1v) is 4.17. The summed E-state index contributed by atoms with van der Waals surface area (Å²) >= 11 is 0. The Morgan fingerprint density at radius 2 is 2.23 bits per heavy atom. The van der Waals surface area contributed by atoms with Crippen LogP contribution in [0.25, 0.3) is 0 Å². The minimum absolute atomic E-state index is 0.212. The molecule has 1 fully saturated rings. The molecule has 0 aromatic rings. The van der Waals surface area contributed by atoms with Crippen molar-refractivity contribution in [2.24, 2.45) is 5.73 Å². The highest BCUT2D eigenvalue weighted by Crippen LogP contribution is 2.36. The lowest BCUT2D eigenvalue weighted by atomic mass is 10.2. The van der Waals surface area contributed by atoms with Crippen LogP contribution in [-0.4, -0.2) is 47.2 Å². The van der Waals surface area contributed by atoms with Crippen LogP contribution in [0.1, 0.15) is 13.3 Å². The molecule has 1 rings (SSSR count). The summed E-state index contributed by atoms with van der Waals surface area (Å²) in [4.78, 5) is 10.9. The van der Waals surface area contributed by atoms with Gasteiger partial charge >= 0.3 is 5.96 Å². The lowest BCUT2D eigenvalue weighted by Crippen LogP contribution is -2.43. The van der Waals surface area contributed by atoms with Crippen molar-refractivity contribution in [2.45, 2.75) is 25.0 Å². The van der Waals surface area contributed by atoms with Crippen molar-refractivity contribution in [3.05, 3.63) is 0 Å². The summed E-state index contributed by atoms with van der Waals surface area (Å²) in [6, 6.07) is -0.229. The first-order chi connectivity index (χ1) is 5.88. The van der Waals surface area contributed by atoms with Crippen LogP contribution >= 0.6 is 0 Å². The molecule has 5 heteroatoms. The van der Waals surface area contributed by atoms with Gasteiger partial charge in [0.15, 0.2) is 11.4 Å². The maximum atomic E-state index is 10.9. The summed E-state index contributed by atoms with van der Waals surface area (Å²) < 4.78 is 1.69. The number of nitrogens with zero attached hydrogens (tertiary/aromatic N) is 1. The summed E-state index contributed by atoms with van der Waals surface area (Å²) in [5, 5.41) is 12.5. The normalized spacial score (nSPS) is 30.9. The van der Waals surface area contributed by atoms with Gasteiger partial charge in [0.25, 0.3) is 0 Å². The van der Waals surface area contributed by atoms with E-state index in [1.807, 2.05) is 0 Å². The number of hydrogen-bond donors (Lipinski definition) is 3. The molecule has 0 amide bonds. The largest absolute Gasteiger partial charge is 0.378 e. The van der Waals surface area contributed by atoms with Gasteiger partial charge in [0.2, 0.25) is 0 Å². The Morgan fingerprint density at radius 3 is 2.54 bits per heavy atom. The van der Waals surface area contributed by atoms with Gasteiger partial charge in [-0.1, -0.05) is 0 Å². The zero-order valence-electron chi connectivity index (χ0n) is 8.16. The number of aliphatic hydroxyl groups is 1. The number of carbonyl (C=O) groups excluding carboxylic acids is 1. The zero-order valence-corrected chi connectivity index (χ0v) is 8.16. The number of ketones is 1. The second kappa shape index (κ2) is 2.99. The molecule has 0 heterocycles. The van der Waals surface area contributed by atoms with Crippen LogP contribution in [0.2, 0.25) is 0 Å². The van der Waals surface area contributed by atoms with Crippen molar-refractivity contribution in [3.8, 4) is 0 Å². The minimum atomic E-state index is -1.19. The molecule has 1 saturated carbocycles. The lowest BCUT2D eigenvalue weighted by molar-refractivity contribution is -0.467. The van der Waals surface area contributed by atoms with Gasteiger partial charge in [0, 0.05) is 6.42 Å². The minimum Gasteiger partial charge on any atom is -0.378 e. The highest BCUT2D eigenvalue weighted by atomic mass is 16.3. The maximum Gasteiger partial charge on any atom is 0.343 e. The van der Waals surface area contributed by atoms with Crippen LogP contribution in [0.5, 0.6) is 0 Å². The quantitative estimate of drug-likeness (QED) is 0.272. The molecule has 5 nitrogen and oxygen atoms in total. The molecular formula is C8H16N3O2+. The van der Waals surface area contributed by atoms with Crippen molar-refractivity contribution in [1.82, 2.24) is 5.32 Å². The molecule has 0 saturated heterocycles. The van der Waals surface area contributed by atoms with E-state index in [2.05, 4.69) is 5.32 Å². The van der Waals surface area contributed by atoms with E-state index in [9.17, 15) is 9.90 Å². The first kappa shape index (κ1) is 9.98. The predicted molar refractivity (Wildman–Crippen MR) is 48.5 cm³/mol. The van der Waals surface area contributed by atoms with Gasteiger partial charge in [-0.05, 0) is 6.92 Å². The number of nitrogens with two attached hydrogens (primary N) is 1. The van der Waals surface area contributed by atoms with Gasteiger partial charge in [0.05, 0.1) is 14.1 Å². The van der Waals surface area contributed by atoms with Crippen molar-refractivity contribution in [1.29, 1.82) is 0 Å². The average Bonchev–Trinajstić information content (AvgIpc) is 2.63. The number of rotatable bonds is 2. The van der Waals surface area contributed by atoms with Crippen LogP contribution in [0.15, 0.2) is 0 Å². The fraction of sp³-hybridized carbons (Fsp3) is 0.750. The molecule has 1 aliphatic rings. The SMILES string of the molecule is CC(=O)C1(O)CC1NC(N)=[N+](C)C. The predicted octanol–water partition coefficient (Wildman–Crippen LogP) is -1.74. The summed E-state index contributed by atoms with van der Waals surface area (Å²) in [5.74, 6) is 0.249. The van der Waals surface area contributed by atoms with Crippen molar-refractivity contribution >= 4 is 11.7 Å². The fourth-order valence-corrected chi connectivity index (χ4v) is 1.12. The van der Waals surface area contributed by atoms with E-state index in [4.69, 9.17) is 5.73 Å². The monoisotopic (exact) mass is 186 g/mol. The zero-order chi connectivity index (χ0) is 10.2. The van der Waals surface area contributed by atoms with Gasteiger partial charge < -0.3 is 5.11 Å². The molecule has 0 aliphatic heterocycles. The van der Waals surface area contributed by atoms with E-state index in [-0.39, 0.29) is 11.8 Å². The highest BCUT2D eigenvalue weighted by Gasteiger charge is 2.60. The Morgan fingerprint density at radius 1 is 1.69 bits per heavy atom. The standard InChI is InChI=1S/C8H15N3O2/c1-5(12)8(13)4-6(8)10-7(9)11(2)3/h6,13H,4H2,1-3H3,(H2,9,10)/p+1. The Bertz CT molecular complexity index is 271. The Kier molecular flexibility index (Phi) is 2.30. The molecule has 0 radical (unpaired) electrons. The number of Topliss-reactive ketones (excluding diaryl/α,β-unsaturated/α-hetero) is 1. The second-order valence-corrected chi connectivity index (χ2v) is 3.66. The molecule has 0 aromatic carbocycles. The third kappa shape index (κ3) is 1.80. The summed E-state index contributed by atoms with van der Waals surface area (Å²) in [7, 11) is 3.58. The van der Waals surface area contributed by atoms with E-state index < -0.39 is 5.60 Å². The molecule has 4 N–H and O–H groups in total. The third-order valence-electron chi connectivity index (χ3n) is 2.35. The number of nitrogens with one attached hydrogen (secondary N) is 1. The third-order valence-corrected chi connectivity index (χ3v) is 2.35. The lowest BCUT2D eigenvalue weighted by Gasteiger charge is -2.05. The topological polar surface area (TPSA) is 78.4 Å². The van der Waals surface area contributed by atoms with Crippen molar-refractivity contribution < 1.29 is 14.5 Å². The molecule has 2 unspecified atom stereocenters.